The van der Waals surface area contributed by atoms with Gasteiger partial charge >= 0.3 is 0 Å². The van der Waals surface area contributed by atoms with Crippen LogP contribution in [0.1, 0.15) is 21.6 Å². The first-order valence-corrected chi connectivity index (χ1v) is 5.60. The van der Waals surface area contributed by atoms with Crippen molar-refractivity contribution in [2.75, 3.05) is 0 Å². The van der Waals surface area contributed by atoms with E-state index in [1.165, 1.54) is 6.07 Å². The molecule has 0 saturated heterocycles. The molecule has 1 aromatic carbocycles. The number of amides is 1. The second-order valence-corrected chi connectivity index (χ2v) is 4.07. The van der Waals surface area contributed by atoms with Crippen LogP contribution >= 0.6 is 0 Å². The first kappa shape index (κ1) is 12.3. The molecule has 0 bridgehead atoms. The molecule has 1 N–H and O–H groups in total. The Hall–Kier alpha value is -2.17. The van der Waals surface area contributed by atoms with Crippen LogP contribution in [0.5, 0.6) is 0 Å². The number of nitrogens with one attached hydrogen (secondary N) is 1. The van der Waals surface area contributed by atoms with E-state index in [0.717, 1.165) is 5.69 Å². The second kappa shape index (κ2) is 5.00. The van der Waals surface area contributed by atoms with E-state index in [4.69, 9.17) is 0 Å². The summed E-state index contributed by atoms with van der Waals surface area (Å²) < 4.78 is 15.4. The van der Waals surface area contributed by atoms with Gasteiger partial charge in [0.2, 0.25) is 0 Å². The second-order valence-electron chi connectivity index (χ2n) is 4.07. The molecule has 0 saturated carbocycles. The predicted octanol–water partition coefficient (Wildman–Crippen LogP) is 1.80. The number of hydrogen-bond donors (Lipinski definition) is 1. The van der Waals surface area contributed by atoms with Gasteiger partial charge in [0.05, 0.1) is 17.8 Å². The Morgan fingerprint density at radius 2 is 2.22 bits per heavy atom. The smallest absolute Gasteiger partial charge is 0.254 e. The number of aryl methyl sites for hydroxylation is 2. The number of hydrogen-bond acceptors (Lipinski definition) is 2. The van der Waals surface area contributed by atoms with Gasteiger partial charge in [-0.1, -0.05) is 12.1 Å². The third-order valence-corrected chi connectivity index (χ3v) is 2.79. The van der Waals surface area contributed by atoms with Gasteiger partial charge in [-0.2, -0.15) is 5.10 Å². The summed E-state index contributed by atoms with van der Waals surface area (Å²) in [5.41, 5.74) is 1.39. The van der Waals surface area contributed by atoms with E-state index in [0.29, 0.717) is 12.1 Å². The lowest BCUT2D eigenvalue weighted by Gasteiger charge is -2.07. The number of halogens is 1. The average molecular weight is 247 g/mol. The van der Waals surface area contributed by atoms with E-state index in [1.54, 1.807) is 43.0 Å². The summed E-state index contributed by atoms with van der Waals surface area (Å²) in [5.74, 6) is -0.891. The van der Waals surface area contributed by atoms with Crippen molar-refractivity contribution in [1.82, 2.24) is 15.1 Å². The van der Waals surface area contributed by atoms with Crippen LogP contribution in [-0.4, -0.2) is 15.7 Å². The van der Waals surface area contributed by atoms with Crippen LogP contribution in [0.4, 0.5) is 4.39 Å². The van der Waals surface area contributed by atoms with Gasteiger partial charge in [-0.15, -0.1) is 0 Å². The zero-order chi connectivity index (χ0) is 13.1. The summed E-state index contributed by atoms with van der Waals surface area (Å²) in [6.07, 6.45) is 1.65. The monoisotopic (exact) mass is 247 g/mol. The van der Waals surface area contributed by atoms with Gasteiger partial charge in [0.15, 0.2) is 0 Å². The molecule has 0 aliphatic carbocycles. The number of carbonyl (C=O) groups excluding carboxylic acids is 1. The summed E-state index contributed by atoms with van der Waals surface area (Å²) in [6.45, 7) is 1.95. The van der Waals surface area contributed by atoms with Gasteiger partial charge in [-0.25, -0.2) is 4.39 Å². The molecule has 0 aliphatic heterocycles. The van der Waals surface area contributed by atoms with Crippen LogP contribution in [0.2, 0.25) is 0 Å². The first-order valence-electron chi connectivity index (χ1n) is 5.60. The zero-order valence-corrected chi connectivity index (χ0v) is 10.3. The highest BCUT2D eigenvalue weighted by atomic mass is 19.1. The Balaban J connectivity index is 2.09. The van der Waals surface area contributed by atoms with E-state index < -0.39 is 11.7 Å². The van der Waals surface area contributed by atoms with Crippen LogP contribution in [0, 0.1) is 12.7 Å². The lowest BCUT2D eigenvalue weighted by molar-refractivity contribution is 0.0946. The summed E-state index contributed by atoms with van der Waals surface area (Å²) >= 11 is 0. The van der Waals surface area contributed by atoms with Crippen molar-refractivity contribution in [2.45, 2.75) is 13.5 Å². The molecule has 1 aromatic heterocycles. The summed E-state index contributed by atoms with van der Waals surface area (Å²) in [5, 5.41) is 6.66. The van der Waals surface area contributed by atoms with Crippen molar-refractivity contribution in [3.05, 3.63) is 53.1 Å². The highest BCUT2D eigenvalue weighted by Gasteiger charge is 2.13. The molecule has 18 heavy (non-hydrogen) atoms. The topological polar surface area (TPSA) is 46.9 Å². The van der Waals surface area contributed by atoms with Crippen molar-refractivity contribution in [3.8, 4) is 0 Å². The molecule has 5 heteroatoms. The normalized spacial score (nSPS) is 10.4. The van der Waals surface area contributed by atoms with Crippen molar-refractivity contribution >= 4 is 5.91 Å². The summed E-state index contributed by atoms with van der Waals surface area (Å²) in [6, 6.07) is 6.57. The molecule has 0 atom stereocenters. The Bertz CT molecular complexity index is 577. The molecule has 2 aromatic rings. The molecular formula is C13H14FN3O. The van der Waals surface area contributed by atoms with Crippen molar-refractivity contribution < 1.29 is 9.18 Å². The van der Waals surface area contributed by atoms with Crippen LogP contribution in [-0.2, 0) is 13.6 Å². The molecule has 4 nitrogen and oxygen atoms in total. The summed E-state index contributed by atoms with van der Waals surface area (Å²) in [7, 11) is 1.79. The minimum Gasteiger partial charge on any atom is -0.346 e. The maximum atomic E-state index is 13.7. The van der Waals surface area contributed by atoms with E-state index in [1.807, 2.05) is 0 Å². The first-order chi connectivity index (χ1) is 8.59. The number of benzene rings is 1. The van der Waals surface area contributed by atoms with E-state index in [2.05, 4.69) is 10.4 Å². The molecule has 2 rings (SSSR count). The fourth-order valence-corrected chi connectivity index (χ4v) is 1.66. The standard InChI is InChI=1S/C13H14FN3O/c1-9-4-3-5-11(12(9)14)13(18)15-8-10-6-7-16-17(10)2/h3-7H,8H2,1-2H3,(H,15,18). The van der Waals surface area contributed by atoms with Gasteiger partial charge in [-0.3, -0.25) is 9.48 Å². The van der Waals surface area contributed by atoms with E-state index >= 15 is 0 Å². The van der Waals surface area contributed by atoms with Crippen molar-refractivity contribution in [2.24, 2.45) is 7.05 Å². The molecular weight excluding hydrogens is 233 g/mol. The summed E-state index contributed by atoms with van der Waals surface area (Å²) in [4.78, 5) is 11.8. The van der Waals surface area contributed by atoms with Crippen molar-refractivity contribution in [1.29, 1.82) is 0 Å². The van der Waals surface area contributed by atoms with Gasteiger partial charge in [0.25, 0.3) is 5.91 Å². The molecule has 1 heterocycles. The number of rotatable bonds is 3. The molecule has 0 aliphatic rings. The van der Waals surface area contributed by atoms with Crippen LogP contribution in [0.3, 0.4) is 0 Å². The minimum absolute atomic E-state index is 0.0668. The van der Waals surface area contributed by atoms with Gasteiger partial charge in [-0.05, 0) is 24.6 Å². The fraction of sp³-hybridized carbons (Fsp3) is 0.231. The Kier molecular flexibility index (Phi) is 3.41. The Morgan fingerprint density at radius 1 is 1.44 bits per heavy atom. The molecule has 94 valence electrons. The maximum absolute atomic E-state index is 13.7. The SMILES string of the molecule is Cc1cccc(C(=O)NCc2ccnn2C)c1F. The lowest BCUT2D eigenvalue weighted by atomic mass is 10.1. The predicted molar refractivity (Wildman–Crippen MR) is 65.5 cm³/mol. The van der Waals surface area contributed by atoms with Gasteiger partial charge in [0, 0.05) is 13.2 Å². The van der Waals surface area contributed by atoms with Crippen LogP contribution in [0.15, 0.2) is 30.5 Å². The maximum Gasteiger partial charge on any atom is 0.254 e. The minimum atomic E-state index is -0.472. The average Bonchev–Trinajstić information content (AvgIpc) is 2.75. The molecule has 0 fully saturated rings. The molecule has 0 radical (unpaired) electrons. The van der Waals surface area contributed by atoms with Crippen molar-refractivity contribution in [3.63, 3.8) is 0 Å². The van der Waals surface area contributed by atoms with E-state index in [-0.39, 0.29) is 5.56 Å². The van der Waals surface area contributed by atoms with Gasteiger partial charge < -0.3 is 5.32 Å². The van der Waals surface area contributed by atoms with E-state index in [9.17, 15) is 9.18 Å². The third-order valence-electron chi connectivity index (χ3n) is 2.79. The number of aromatic nitrogens is 2. The zero-order valence-electron chi connectivity index (χ0n) is 10.3. The molecule has 0 unspecified atom stereocenters. The third kappa shape index (κ3) is 2.40. The van der Waals surface area contributed by atoms with Crippen LogP contribution in [0.25, 0.3) is 0 Å². The Morgan fingerprint density at radius 3 is 2.89 bits per heavy atom. The Labute approximate surface area is 104 Å². The molecule has 1 amide bonds. The lowest BCUT2D eigenvalue weighted by Crippen LogP contribution is -2.25. The highest BCUT2D eigenvalue weighted by Crippen LogP contribution is 2.11. The molecule has 0 spiro atoms. The highest BCUT2D eigenvalue weighted by molar-refractivity contribution is 5.94. The fourth-order valence-electron chi connectivity index (χ4n) is 1.66. The quantitative estimate of drug-likeness (QED) is 0.899. The van der Waals surface area contributed by atoms with Crippen LogP contribution < -0.4 is 5.32 Å². The number of carbonyl (C=O) groups is 1. The largest absolute Gasteiger partial charge is 0.346 e. The number of nitrogens with zero attached hydrogens (tertiary/aromatic N) is 2. The van der Waals surface area contributed by atoms with Gasteiger partial charge in [0.1, 0.15) is 5.82 Å².